The molecule has 0 saturated carbocycles. The molecule has 1 fully saturated rings. The van der Waals surface area contributed by atoms with Crippen LogP contribution in [-0.4, -0.2) is 42.7 Å². The topological polar surface area (TPSA) is 81.2 Å². The maximum atomic E-state index is 11.5. The Morgan fingerprint density at radius 2 is 1.97 bits per heavy atom. The average molecular weight is 499 g/mol. The third-order valence-corrected chi connectivity index (χ3v) is 8.34. The second-order valence-corrected chi connectivity index (χ2v) is 11.7. The lowest BCUT2D eigenvalue weighted by Crippen LogP contribution is -2.41. The summed E-state index contributed by atoms with van der Waals surface area (Å²) in [6.07, 6.45) is 8.07. The number of nitrogens with two attached hydrogens (primary N) is 1. The lowest BCUT2D eigenvalue weighted by Gasteiger charge is -2.35. The van der Waals surface area contributed by atoms with Crippen LogP contribution in [0.15, 0.2) is 59.8 Å². The third-order valence-electron chi connectivity index (χ3n) is 7.24. The number of benzene rings is 2. The molecular weight excluding hydrogens is 468 g/mol. The summed E-state index contributed by atoms with van der Waals surface area (Å²) in [5.74, 6) is 1.13. The quantitative estimate of drug-likeness (QED) is 0.483. The molecule has 2 aromatic carbocycles. The summed E-state index contributed by atoms with van der Waals surface area (Å²) in [5.41, 5.74) is 5.58. The number of halogens is 1. The highest BCUT2D eigenvalue weighted by Crippen LogP contribution is 2.42. The van der Waals surface area contributed by atoms with Crippen molar-refractivity contribution in [3.05, 3.63) is 82.1 Å². The molecule has 3 aromatic rings. The fourth-order valence-corrected chi connectivity index (χ4v) is 6.03. The minimum absolute atomic E-state index is 0.0575. The highest BCUT2D eigenvalue weighted by atomic mass is 35.5. The Kier molecular flexibility index (Phi) is 6.80. The van der Waals surface area contributed by atoms with E-state index in [4.69, 9.17) is 16.7 Å². The van der Waals surface area contributed by atoms with Crippen molar-refractivity contribution in [2.24, 2.45) is 11.1 Å². The van der Waals surface area contributed by atoms with Gasteiger partial charge < -0.3 is 4.90 Å². The number of sulfonamides is 1. The number of likely N-dealkylation sites (tertiary alicyclic amines) is 1. The van der Waals surface area contributed by atoms with E-state index in [1.807, 2.05) is 12.1 Å². The fourth-order valence-electron chi connectivity index (χ4n) is 5.35. The van der Waals surface area contributed by atoms with Crippen molar-refractivity contribution in [3.8, 4) is 0 Å². The second-order valence-electron chi connectivity index (χ2n) is 9.68. The molecule has 34 heavy (non-hydrogen) atoms. The first-order chi connectivity index (χ1) is 16.3. The summed E-state index contributed by atoms with van der Waals surface area (Å²) >= 11 is 6.29. The van der Waals surface area contributed by atoms with E-state index in [1.54, 1.807) is 4.68 Å². The SMILES string of the molecule is NS(=O)(=O)c1cnn(CCCc2ccc3c(c2)C(Cc2cccc(Cl)c2)C(CN2CCC2)C3)c1. The number of nitrogens with zero attached hydrogens (tertiary/aromatic N) is 3. The van der Waals surface area contributed by atoms with Gasteiger partial charge in [0.2, 0.25) is 10.0 Å². The van der Waals surface area contributed by atoms with Gasteiger partial charge in [-0.1, -0.05) is 41.9 Å². The van der Waals surface area contributed by atoms with E-state index in [-0.39, 0.29) is 4.90 Å². The maximum Gasteiger partial charge on any atom is 0.241 e. The Hall–Kier alpha value is -2.19. The lowest BCUT2D eigenvalue weighted by atomic mass is 9.85. The zero-order valence-corrected chi connectivity index (χ0v) is 20.8. The highest BCUT2D eigenvalue weighted by molar-refractivity contribution is 7.89. The first kappa shape index (κ1) is 23.5. The van der Waals surface area contributed by atoms with E-state index < -0.39 is 10.0 Å². The Balaban J connectivity index is 1.29. The molecule has 2 atom stereocenters. The summed E-state index contributed by atoms with van der Waals surface area (Å²) < 4.78 is 24.6. The summed E-state index contributed by atoms with van der Waals surface area (Å²) in [4.78, 5) is 2.64. The van der Waals surface area contributed by atoms with Gasteiger partial charge in [-0.25, -0.2) is 13.6 Å². The van der Waals surface area contributed by atoms with Gasteiger partial charge in [-0.2, -0.15) is 5.10 Å². The van der Waals surface area contributed by atoms with E-state index in [2.05, 4.69) is 40.3 Å². The number of primary sulfonamides is 1. The molecule has 2 N–H and O–H groups in total. The smallest absolute Gasteiger partial charge is 0.241 e. The Labute approximate surface area is 206 Å². The van der Waals surface area contributed by atoms with Crippen LogP contribution in [0.4, 0.5) is 0 Å². The molecule has 2 unspecified atom stereocenters. The van der Waals surface area contributed by atoms with Gasteiger partial charge in [-0.05, 0) is 91.4 Å². The number of hydrogen-bond donors (Lipinski definition) is 1. The van der Waals surface area contributed by atoms with E-state index in [9.17, 15) is 8.42 Å². The van der Waals surface area contributed by atoms with Crippen LogP contribution in [0.2, 0.25) is 5.02 Å². The van der Waals surface area contributed by atoms with Crippen molar-refractivity contribution in [2.45, 2.75) is 49.5 Å². The van der Waals surface area contributed by atoms with Crippen molar-refractivity contribution >= 4 is 21.6 Å². The van der Waals surface area contributed by atoms with Crippen molar-refractivity contribution in [2.75, 3.05) is 19.6 Å². The van der Waals surface area contributed by atoms with Gasteiger partial charge in [0, 0.05) is 24.3 Å². The molecule has 1 aliphatic carbocycles. The summed E-state index contributed by atoms with van der Waals surface area (Å²) in [7, 11) is -3.71. The average Bonchev–Trinajstić information content (AvgIpc) is 3.36. The summed E-state index contributed by atoms with van der Waals surface area (Å²) in [6, 6.07) is 15.2. The van der Waals surface area contributed by atoms with E-state index in [0.717, 1.165) is 30.7 Å². The van der Waals surface area contributed by atoms with Crippen LogP contribution in [0.3, 0.4) is 0 Å². The minimum atomic E-state index is -3.71. The lowest BCUT2D eigenvalue weighted by molar-refractivity contribution is 0.145. The summed E-state index contributed by atoms with van der Waals surface area (Å²) in [5, 5.41) is 10.1. The molecule has 0 bridgehead atoms. The Bertz CT molecular complexity index is 1270. The van der Waals surface area contributed by atoms with Crippen LogP contribution < -0.4 is 5.14 Å². The third kappa shape index (κ3) is 5.38. The number of hydrogen-bond acceptors (Lipinski definition) is 4. The molecule has 0 amide bonds. The van der Waals surface area contributed by atoms with Crippen LogP contribution in [-0.2, 0) is 35.8 Å². The van der Waals surface area contributed by atoms with Gasteiger partial charge in [0.25, 0.3) is 0 Å². The Morgan fingerprint density at radius 1 is 1.12 bits per heavy atom. The van der Waals surface area contributed by atoms with Gasteiger partial charge in [0.1, 0.15) is 4.90 Å². The van der Waals surface area contributed by atoms with Crippen molar-refractivity contribution in [3.63, 3.8) is 0 Å². The monoisotopic (exact) mass is 498 g/mol. The van der Waals surface area contributed by atoms with Crippen molar-refractivity contribution in [1.82, 2.24) is 14.7 Å². The molecule has 1 saturated heterocycles. The van der Waals surface area contributed by atoms with Gasteiger partial charge in [-0.3, -0.25) is 4.68 Å². The zero-order chi connectivity index (χ0) is 23.7. The second kappa shape index (κ2) is 9.82. The van der Waals surface area contributed by atoms with Crippen molar-refractivity contribution < 1.29 is 8.42 Å². The molecule has 5 rings (SSSR count). The summed E-state index contributed by atoms with van der Waals surface area (Å²) in [6.45, 7) is 4.27. The van der Waals surface area contributed by atoms with E-state index >= 15 is 0 Å². The number of aromatic nitrogens is 2. The number of rotatable bonds is 9. The van der Waals surface area contributed by atoms with Crippen LogP contribution >= 0.6 is 11.6 Å². The van der Waals surface area contributed by atoms with E-state index in [0.29, 0.717) is 18.4 Å². The normalized spacial score (nSPS) is 20.3. The number of aryl methyl sites for hydroxylation is 2. The van der Waals surface area contributed by atoms with E-state index in [1.165, 1.54) is 60.7 Å². The van der Waals surface area contributed by atoms with Crippen molar-refractivity contribution in [1.29, 1.82) is 0 Å². The first-order valence-corrected chi connectivity index (χ1v) is 13.9. The largest absolute Gasteiger partial charge is 0.303 e. The van der Waals surface area contributed by atoms with Gasteiger partial charge >= 0.3 is 0 Å². The number of fused-ring (bicyclic) bond motifs is 1. The van der Waals surface area contributed by atoms with Crippen LogP contribution in [0, 0.1) is 5.92 Å². The predicted molar refractivity (Wildman–Crippen MR) is 135 cm³/mol. The molecule has 1 aliphatic heterocycles. The molecular formula is C26H31ClN4O2S. The molecule has 2 aliphatic rings. The van der Waals surface area contributed by atoms with Crippen LogP contribution in [0.25, 0.3) is 0 Å². The Morgan fingerprint density at radius 3 is 2.68 bits per heavy atom. The zero-order valence-electron chi connectivity index (χ0n) is 19.2. The van der Waals surface area contributed by atoms with Crippen LogP contribution in [0.5, 0.6) is 0 Å². The van der Waals surface area contributed by atoms with Crippen LogP contribution in [0.1, 0.15) is 41.0 Å². The molecule has 2 heterocycles. The minimum Gasteiger partial charge on any atom is -0.303 e. The van der Waals surface area contributed by atoms with Gasteiger partial charge in [0.05, 0.1) is 6.20 Å². The fraction of sp³-hybridized carbons (Fsp3) is 0.423. The molecule has 180 valence electrons. The van der Waals surface area contributed by atoms with Gasteiger partial charge in [-0.15, -0.1) is 0 Å². The van der Waals surface area contributed by atoms with Gasteiger partial charge in [0.15, 0.2) is 0 Å². The predicted octanol–water partition coefficient (Wildman–Crippen LogP) is 4.02. The molecule has 6 nitrogen and oxygen atoms in total. The highest BCUT2D eigenvalue weighted by Gasteiger charge is 2.34. The standard InChI is InChI=1S/C26H31ClN4O2S/c27-23-6-1-4-20(12-23)14-26-22(17-30-9-3-10-30)15-21-8-7-19(13-25(21)26)5-2-11-31-18-24(16-29-31)34(28,32)33/h1,4,6-8,12-13,16,18,22,26H,2-3,5,9-11,14-15,17H2,(H2,28,32,33). The first-order valence-electron chi connectivity index (χ1n) is 12.0. The maximum absolute atomic E-state index is 11.5. The molecule has 8 heteroatoms. The molecule has 0 radical (unpaired) electrons. The molecule has 0 spiro atoms. The molecule has 1 aromatic heterocycles.